The Morgan fingerprint density at radius 2 is 1.80 bits per heavy atom. The maximum Gasteiger partial charge on any atom is 0.324 e. The maximum absolute atomic E-state index is 12.7. The van der Waals surface area contributed by atoms with E-state index < -0.39 is 10.0 Å². The second kappa shape index (κ2) is 7.38. The van der Waals surface area contributed by atoms with Crippen molar-refractivity contribution in [3.63, 3.8) is 0 Å². The average molecular weight is 368 g/mol. The van der Waals surface area contributed by atoms with Gasteiger partial charge < -0.3 is 18.9 Å². The molecular weight excluding hydrogens is 348 g/mol. The lowest BCUT2D eigenvalue weighted by Crippen LogP contribution is -2.48. The Bertz CT molecular complexity index is 798. The van der Waals surface area contributed by atoms with E-state index in [0.717, 1.165) is 0 Å². The summed E-state index contributed by atoms with van der Waals surface area (Å²) >= 11 is 0. The highest BCUT2D eigenvalue weighted by molar-refractivity contribution is 7.89. The Hall–Kier alpha value is -2.17. The highest BCUT2D eigenvalue weighted by atomic mass is 32.2. The minimum Gasteiger partial charge on any atom is -0.497 e. The lowest BCUT2D eigenvalue weighted by atomic mass is 10.3. The van der Waals surface area contributed by atoms with Crippen LogP contribution in [0.4, 0.5) is 6.01 Å². The van der Waals surface area contributed by atoms with E-state index >= 15 is 0 Å². The van der Waals surface area contributed by atoms with Gasteiger partial charge in [0.05, 0.1) is 12.0 Å². The van der Waals surface area contributed by atoms with Crippen LogP contribution in [0.25, 0.3) is 0 Å². The van der Waals surface area contributed by atoms with E-state index in [4.69, 9.17) is 14.0 Å². The van der Waals surface area contributed by atoms with Crippen LogP contribution in [-0.4, -0.2) is 63.3 Å². The predicted molar refractivity (Wildman–Crippen MR) is 89.0 cm³/mol. The van der Waals surface area contributed by atoms with Crippen molar-refractivity contribution in [2.45, 2.75) is 11.5 Å². The standard InChI is InChI=1S/C15H20N4O5S/c1-22-11-14-16-15(24-17-14)18-7-9-19(10-8-18)25(20,21)13-5-3-12(23-2)4-6-13/h3-6H,7-11H2,1-2H3. The second-order valence-corrected chi connectivity index (χ2v) is 7.43. The lowest BCUT2D eigenvalue weighted by Gasteiger charge is -2.32. The smallest absolute Gasteiger partial charge is 0.324 e. The number of piperazine rings is 1. The number of benzene rings is 1. The van der Waals surface area contributed by atoms with E-state index in [1.165, 1.54) is 11.4 Å². The molecule has 2 heterocycles. The van der Waals surface area contributed by atoms with E-state index in [2.05, 4.69) is 10.1 Å². The molecule has 1 aliphatic heterocycles. The molecule has 0 bridgehead atoms. The first-order chi connectivity index (χ1) is 12.0. The van der Waals surface area contributed by atoms with Crippen LogP contribution in [0.2, 0.25) is 0 Å². The number of hydrogen-bond acceptors (Lipinski definition) is 8. The molecule has 0 spiro atoms. The molecule has 1 aliphatic rings. The van der Waals surface area contributed by atoms with Gasteiger partial charge in [0.25, 0.3) is 0 Å². The van der Waals surface area contributed by atoms with Crippen LogP contribution in [0, 0.1) is 0 Å². The summed E-state index contributed by atoms with van der Waals surface area (Å²) in [7, 11) is -0.437. The molecule has 1 aromatic carbocycles. The number of hydrogen-bond donors (Lipinski definition) is 0. The largest absolute Gasteiger partial charge is 0.497 e. The van der Waals surface area contributed by atoms with Crippen LogP contribution in [0.15, 0.2) is 33.7 Å². The molecule has 1 aromatic heterocycles. The summed E-state index contributed by atoms with van der Waals surface area (Å²) in [5.41, 5.74) is 0. The van der Waals surface area contributed by atoms with Crippen molar-refractivity contribution in [2.24, 2.45) is 0 Å². The van der Waals surface area contributed by atoms with E-state index in [1.807, 2.05) is 4.90 Å². The SMILES string of the molecule is COCc1noc(N2CCN(S(=O)(=O)c3ccc(OC)cc3)CC2)n1. The highest BCUT2D eigenvalue weighted by Gasteiger charge is 2.30. The summed E-state index contributed by atoms with van der Waals surface area (Å²) in [6.07, 6.45) is 0. The Labute approximate surface area is 146 Å². The van der Waals surface area contributed by atoms with Crippen molar-refractivity contribution in [1.29, 1.82) is 0 Å². The third kappa shape index (κ3) is 3.75. The summed E-state index contributed by atoms with van der Waals surface area (Å²) in [6, 6.07) is 6.76. The predicted octanol–water partition coefficient (Wildman–Crippen LogP) is 0.735. The summed E-state index contributed by atoms with van der Waals surface area (Å²) in [5, 5.41) is 3.82. The Kier molecular flexibility index (Phi) is 5.21. The first kappa shape index (κ1) is 17.6. The van der Waals surface area contributed by atoms with E-state index in [0.29, 0.717) is 43.8 Å². The molecule has 0 atom stereocenters. The zero-order chi connectivity index (χ0) is 17.9. The van der Waals surface area contributed by atoms with Crippen molar-refractivity contribution >= 4 is 16.0 Å². The summed E-state index contributed by atoms with van der Waals surface area (Å²) in [6.45, 7) is 1.91. The first-order valence-electron chi connectivity index (χ1n) is 7.75. The van der Waals surface area contributed by atoms with Crippen molar-refractivity contribution in [1.82, 2.24) is 14.4 Å². The van der Waals surface area contributed by atoms with Gasteiger partial charge in [-0.3, -0.25) is 0 Å². The lowest BCUT2D eigenvalue weighted by molar-refractivity contribution is 0.174. The molecule has 1 fully saturated rings. The second-order valence-electron chi connectivity index (χ2n) is 5.49. The fourth-order valence-corrected chi connectivity index (χ4v) is 4.00. The molecule has 1 saturated heterocycles. The minimum absolute atomic E-state index is 0.252. The van der Waals surface area contributed by atoms with Crippen LogP contribution in [0.3, 0.4) is 0 Å². The molecule has 0 radical (unpaired) electrons. The van der Waals surface area contributed by atoms with E-state index in [1.54, 1.807) is 31.4 Å². The monoisotopic (exact) mass is 368 g/mol. The van der Waals surface area contributed by atoms with Gasteiger partial charge in [-0.15, -0.1) is 0 Å². The summed E-state index contributed by atoms with van der Waals surface area (Å²) in [4.78, 5) is 6.35. The van der Waals surface area contributed by atoms with Gasteiger partial charge in [-0.25, -0.2) is 8.42 Å². The number of ether oxygens (including phenoxy) is 2. The summed E-state index contributed by atoms with van der Waals surface area (Å²) in [5.74, 6) is 1.08. The van der Waals surface area contributed by atoms with E-state index in [-0.39, 0.29) is 11.5 Å². The number of sulfonamides is 1. The molecule has 0 unspecified atom stereocenters. The maximum atomic E-state index is 12.7. The molecule has 0 saturated carbocycles. The molecule has 0 amide bonds. The molecule has 25 heavy (non-hydrogen) atoms. The van der Waals surface area contributed by atoms with Crippen LogP contribution in [0.1, 0.15) is 5.82 Å². The highest BCUT2D eigenvalue weighted by Crippen LogP contribution is 2.22. The molecule has 2 aromatic rings. The van der Waals surface area contributed by atoms with Gasteiger partial charge in [0, 0.05) is 33.3 Å². The van der Waals surface area contributed by atoms with Crippen molar-refractivity contribution in [3.8, 4) is 5.75 Å². The third-order valence-electron chi connectivity index (χ3n) is 3.94. The zero-order valence-electron chi connectivity index (χ0n) is 14.1. The van der Waals surface area contributed by atoms with Gasteiger partial charge in [0.15, 0.2) is 5.82 Å². The molecule has 3 rings (SSSR count). The topological polar surface area (TPSA) is 98.0 Å². The van der Waals surface area contributed by atoms with Crippen LogP contribution in [0.5, 0.6) is 5.75 Å². The van der Waals surface area contributed by atoms with Gasteiger partial charge in [-0.2, -0.15) is 9.29 Å². The number of anilines is 1. The van der Waals surface area contributed by atoms with Gasteiger partial charge in [0.1, 0.15) is 12.4 Å². The van der Waals surface area contributed by atoms with Crippen molar-refractivity contribution in [3.05, 3.63) is 30.1 Å². The Morgan fingerprint density at radius 1 is 1.12 bits per heavy atom. The molecular formula is C15H20N4O5S. The molecule has 0 N–H and O–H groups in total. The number of nitrogens with zero attached hydrogens (tertiary/aromatic N) is 4. The van der Waals surface area contributed by atoms with Crippen LogP contribution in [-0.2, 0) is 21.4 Å². The normalized spacial score (nSPS) is 16.2. The fourth-order valence-electron chi connectivity index (χ4n) is 2.58. The molecule has 136 valence electrons. The molecule has 9 nitrogen and oxygen atoms in total. The number of methoxy groups -OCH3 is 2. The third-order valence-corrected chi connectivity index (χ3v) is 5.85. The Balaban J connectivity index is 1.65. The van der Waals surface area contributed by atoms with Crippen molar-refractivity contribution < 1.29 is 22.4 Å². The Morgan fingerprint density at radius 3 is 2.40 bits per heavy atom. The van der Waals surface area contributed by atoms with Gasteiger partial charge >= 0.3 is 6.01 Å². The fraction of sp³-hybridized carbons (Fsp3) is 0.467. The van der Waals surface area contributed by atoms with Crippen LogP contribution >= 0.6 is 0 Å². The average Bonchev–Trinajstić information content (AvgIpc) is 3.11. The minimum atomic E-state index is -3.53. The van der Waals surface area contributed by atoms with E-state index in [9.17, 15) is 8.42 Å². The zero-order valence-corrected chi connectivity index (χ0v) is 14.9. The first-order valence-corrected chi connectivity index (χ1v) is 9.19. The van der Waals surface area contributed by atoms with Crippen LogP contribution < -0.4 is 9.64 Å². The van der Waals surface area contributed by atoms with Gasteiger partial charge in [0.2, 0.25) is 10.0 Å². The summed E-state index contributed by atoms with van der Waals surface area (Å²) < 4.78 is 42.1. The molecule has 0 aliphatic carbocycles. The quantitative estimate of drug-likeness (QED) is 0.736. The van der Waals surface area contributed by atoms with Gasteiger partial charge in [-0.1, -0.05) is 5.16 Å². The van der Waals surface area contributed by atoms with Crippen molar-refractivity contribution in [2.75, 3.05) is 45.3 Å². The van der Waals surface area contributed by atoms with Gasteiger partial charge in [-0.05, 0) is 24.3 Å². The molecule has 10 heteroatoms. The number of aromatic nitrogens is 2. The number of rotatable bonds is 6.